The predicted octanol–water partition coefficient (Wildman–Crippen LogP) is 3.39. The molecule has 0 heterocycles. The number of hydrogen-bond donors (Lipinski definition) is 1. The second-order valence-corrected chi connectivity index (χ2v) is 4.42. The van der Waals surface area contributed by atoms with E-state index in [0.29, 0.717) is 5.92 Å². The summed E-state index contributed by atoms with van der Waals surface area (Å²) >= 11 is 0. The van der Waals surface area contributed by atoms with Crippen LogP contribution in [0.25, 0.3) is 0 Å². The third-order valence-electron chi connectivity index (χ3n) is 3.64. The highest BCUT2D eigenvalue weighted by Crippen LogP contribution is 2.37. The number of nitrogens with one attached hydrogen (secondary N) is 1. The lowest BCUT2D eigenvalue weighted by Crippen LogP contribution is -2.15. The summed E-state index contributed by atoms with van der Waals surface area (Å²) in [4.78, 5) is 0. The number of rotatable bonds is 0. The summed E-state index contributed by atoms with van der Waals surface area (Å²) in [5.74, 6) is 1.60. The largest absolute Gasteiger partial charge is 0.309 e. The minimum Gasteiger partial charge on any atom is -0.309 e. The normalized spacial score (nSPS) is 37.2. The van der Waals surface area contributed by atoms with Gasteiger partial charge >= 0.3 is 0 Å². The van der Waals surface area contributed by atoms with Gasteiger partial charge in [-0.15, -0.1) is 0 Å². The van der Waals surface area contributed by atoms with E-state index in [1.807, 2.05) is 0 Å². The van der Waals surface area contributed by atoms with Crippen molar-refractivity contribution in [2.45, 2.75) is 51.4 Å². The van der Waals surface area contributed by atoms with Crippen LogP contribution in [-0.2, 0) is 0 Å². The summed E-state index contributed by atoms with van der Waals surface area (Å²) < 4.78 is 0. The molecular weight excluding hydrogens is 146 g/mol. The van der Waals surface area contributed by atoms with E-state index in [-0.39, 0.29) is 0 Å². The molecule has 12 heavy (non-hydrogen) atoms. The van der Waals surface area contributed by atoms with E-state index >= 15 is 0 Å². The van der Waals surface area contributed by atoms with Crippen molar-refractivity contribution in [2.75, 3.05) is 0 Å². The highest BCUT2D eigenvalue weighted by molar-refractivity contribution is 5.86. The van der Waals surface area contributed by atoms with Gasteiger partial charge < -0.3 is 5.41 Å². The van der Waals surface area contributed by atoms with Crippen molar-refractivity contribution < 1.29 is 0 Å². The van der Waals surface area contributed by atoms with E-state index in [9.17, 15) is 0 Å². The fraction of sp³-hybridized carbons (Fsp3) is 0.909. The zero-order valence-corrected chi connectivity index (χ0v) is 7.81. The highest BCUT2D eigenvalue weighted by atomic mass is 14.5. The van der Waals surface area contributed by atoms with Gasteiger partial charge in [0, 0.05) is 5.71 Å². The van der Waals surface area contributed by atoms with E-state index in [1.54, 1.807) is 0 Å². The Hall–Kier alpha value is -0.330. The summed E-state index contributed by atoms with van der Waals surface area (Å²) in [7, 11) is 0. The average molecular weight is 165 g/mol. The van der Waals surface area contributed by atoms with Crippen molar-refractivity contribution in [2.24, 2.45) is 11.8 Å². The molecule has 1 heteroatoms. The van der Waals surface area contributed by atoms with Gasteiger partial charge in [0.1, 0.15) is 0 Å². The molecule has 0 aliphatic heterocycles. The SMILES string of the molecule is N=C1CCC2CCCCCCC12. The standard InChI is InChI=1S/C11H19N/c12-11-8-7-9-5-3-1-2-4-6-10(9)11/h9-10,12H,1-8H2. The molecule has 2 fully saturated rings. The molecular formula is C11H19N. The van der Waals surface area contributed by atoms with Gasteiger partial charge in [0.25, 0.3) is 0 Å². The molecule has 2 saturated carbocycles. The van der Waals surface area contributed by atoms with Gasteiger partial charge in [-0.3, -0.25) is 0 Å². The Labute approximate surface area is 75.1 Å². The molecule has 0 bridgehead atoms. The Balaban J connectivity index is 2.00. The van der Waals surface area contributed by atoms with Crippen LogP contribution in [0, 0.1) is 17.2 Å². The molecule has 0 spiro atoms. The van der Waals surface area contributed by atoms with Crippen molar-refractivity contribution in [1.29, 1.82) is 5.41 Å². The topological polar surface area (TPSA) is 23.9 Å². The summed E-state index contributed by atoms with van der Waals surface area (Å²) in [5.41, 5.74) is 1.07. The van der Waals surface area contributed by atoms with Crippen LogP contribution in [0.15, 0.2) is 0 Å². The Bertz CT molecular complexity index is 174. The first kappa shape index (κ1) is 8.28. The van der Waals surface area contributed by atoms with Gasteiger partial charge in [-0.05, 0) is 37.5 Å². The first-order valence-electron chi connectivity index (χ1n) is 5.45. The van der Waals surface area contributed by atoms with Gasteiger partial charge in [-0.2, -0.15) is 0 Å². The fourth-order valence-corrected chi connectivity index (χ4v) is 2.89. The maximum Gasteiger partial charge on any atom is 0.0123 e. The minimum atomic E-state index is 0.699. The molecule has 2 aliphatic carbocycles. The van der Waals surface area contributed by atoms with Crippen molar-refractivity contribution in [1.82, 2.24) is 0 Å². The van der Waals surface area contributed by atoms with Crippen LogP contribution in [0.5, 0.6) is 0 Å². The van der Waals surface area contributed by atoms with E-state index in [0.717, 1.165) is 18.1 Å². The average Bonchev–Trinajstić information content (AvgIpc) is 2.31. The number of hydrogen-bond acceptors (Lipinski definition) is 1. The molecule has 0 aromatic rings. The Morgan fingerprint density at radius 1 is 0.917 bits per heavy atom. The molecule has 1 nitrogen and oxygen atoms in total. The Kier molecular flexibility index (Phi) is 2.48. The molecule has 2 atom stereocenters. The fourth-order valence-electron chi connectivity index (χ4n) is 2.89. The summed E-state index contributed by atoms with van der Waals surface area (Å²) in [6, 6.07) is 0. The van der Waals surface area contributed by atoms with Crippen LogP contribution >= 0.6 is 0 Å². The molecule has 0 radical (unpaired) electrons. The molecule has 0 aromatic heterocycles. The van der Waals surface area contributed by atoms with Gasteiger partial charge in [0.15, 0.2) is 0 Å². The smallest absolute Gasteiger partial charge is 0.0123 e. The maximum absolute atomic E-state index is 7.84. The van der Waals surface area contributed by atoms with Crippen molar-refractivity contribution in [3.63, 3.8) is 0 Å². The van der Waals surface area contributed by atoms with Crippen LogP contribution in [0.1, 0.15) is 51.4 Å². The molecule has 2 unspecified atom stereocenters. The first-order valence-corrected chi connectivity index (χ1v) is 5.45. The van der Waals surface area contributed by atoms with Crippen LogP contribution in [0.4, 0.5) is 0 Å². The third-order valence-corrected chi connectivity index (χ3v) is 3.64. The first-order chi connectivity index (χ1) is 5.88. The monoisotopic (exact) mass is 165 g/mol. The quantitative estimate of drug-likeness (QED) is 0.569. The van der Waals surface area contributed by atoms with Crippen LogP contribution in [0.3, 0.4) is 0 Å². The highest BCUT2D eigenvalue weighted by Gasteiger charge is 2.31. The van der Waals surface area contributed by atoms with Gasteiger partial charge in [0.05, 0.1) is 0 Å². The maximum atomic E-state index is 7.84. The Morgan fingerprint density at radius 3 is 2.50 bits per heavy atom. The zero-order chi connectivity index (χ0) is 8.39. The lowest BCUT2D eigenvalue weighted by molar-refractivity contribution is 0.340. The van der Waals surface area contributed by atoms with Crippen LogP contribution < -0.4 is 0 Å². The van der Waals surface area contributed by atoms with E-state index in [4.69, 9.17) is 5.41 Å². The van der Waals surface area contributed by atoms with Crippen molar-refractivity contribution >= 4 is 5.71 Å². The molecule has 2 rings (SSSR count). The molecule has 0 amide bonds. The molecule has 68 valence electrons. The molecule has 0 aromatic carbocycles. The van der Waals surface area contributed by atoms with Crippen molar-refractivity contribution in [3.8, 4) is 0 Å². The van der Waals surface area contributed by atoms with Gasteiger partial charge in [0.2, 0.25) is 0 Å². The molecule has 0 saturated heterocycles. The van der Waals surface area contributed by atoms with Crippen LogP contribution in [0.2, 0.25) is 0 Å². The lowest BCUT2D eigenvalue weighted by atomic mass is 9.84. The minimum absolute atomic E-state index is 0.699. The summed E-state index contributed by atoms with van der Waals surface area (Å²) in [6.07, 6.45) is 10.8. The van der Waals surface area contributed by atoms with Crippen molar-refractivity contribution in [3.05, 3.63) is 0 Å². The Morgan fingerprint density at radius 2 is 1.67 bits per heavy atom. The second kappa shape index (κ2) is 3.59. The van der Waals surface area contributed by atoms with E-state index in [2.05, 4.69) is 0 Å². The summed E-state index contributed by atoms with van der Waals surface area (Å²) in [6.45, 7) is 0. The van der Waals surface area contributed by atoms with Gasteiger partial charge in [-0.1, -0.05) is 25.7 Å². The summed E-state index contributed by atoms with van der Waals surface area (Å²) in [5, 5.41) is 7.84. The molecule has 1 N–H and O–H groups in total. The second-order valence-electron chi connectivity index (χ2n) is 4.42. The van der Waals surface area contributed by atoms with Crippen LogP contribution in [-0.4, -0.2) is 5.71 Å². The van der Waals surface area contributed by atoms with E-state index in [1.165, 1.54) is 44.9 Å². The predicted molar refractivity (Wildman–Crippen MR) is 51.6 cm³/mol. The lowest BCUT2D eigenvalue weighted by Gasteiger charge is -2.21. The number of fused-ring (bicyclic) bond motifs is 1. The molecule has 2 aliphatic rings. The third kappa shape index (κ3) is 1.55. The van der Waals surface area contributed by atoms with Gasteiger partial charge in [-0.25, -0.2) is 0 Å². The van der Waals surface area contributed by atoms with E-state index < -0.39 is 0 Å². The zero-order valence-electron chi connectivity index (χ0n) is 7.81.